The van der Waals surface area contributed by atoms with Gasteiger partial charge in [0, 0.05) is 18.5 Å². The van der Waals surface area contributed by atoms with Gasteiger partial charge >= 0.3 is 0 Å². The third kappa shape index (κ3) is 3.96. The molecule has 1 aliphatic rings. The van der Waals surface area contributed by atoms with Gasteiger partial charge in [-0.25, -0.2) is 0 Å². The maximum Gasteiger partial charge on any atom is 0.234 e. The molecule has 2 rings (SSSR count). The van der Waals surface area contributed by atoms with Crippen molar-refractivity contribution in [2.45, 2.75) is 32.2 Å². The number of benzene rings is 1. The molecule has 4 nitrogen and oxygen atoms in total. The maximum atomic E-state index is 11.5. The van der Waals surface area contributed by atoms with E-state index in [0.717, 1.165) is 25.3 Å². The molecule has 1 heterocycles. The zero-order valence-electron chi connectivity index (χ0n) is 11.6. The van der Waals surface area contributed by atoms with Crippen molar-refractivity contribution in [3.8, 4) is 5.75 Å². The van der Waals surface area contributed by atoms with Gasteiger partial charge in [-0.2, -0.15) is 0 Å². The minimum Gasteiger partial charge on any atom is -0.493 e. The second kappa shape index (κ2) is 6.57. The lowest BCUT2D eigenvalue weighted by molar-refractivity contribution is -0.120. The highest BCUT2D eigenvalue weighted by Crippen LogP contribution is 2.32. The summed E-state index contributed by atoms with van der Waals surface area (Å²) in [4.78, 5) is 11.5. The Morgan fingerprint density at radius 2 is 2.21 bits per heavy atom. The Bertz CT molecular complexity index is 432. The van der Waals surface area contributed by atoms with E-state index in [-0.39, 0.29) is 11.9 Å². The van der Waals surface area contributed by atoms with Crippen LogP contribution >= 0.6 is 0 Å². The zero-order valence-corrected chi connectivity index (χ0v) is 11.6. The highest BCUT2D eigenvalue weighted by atomic mass is 16.5. The molecule has 1 aromatic rings. The van der Waals surface area contributed by atoms with Gasteiger partial charge < -0.3 is 15.4 Å². The second-order valence-corrected chi connectivity index (χ2v) is 5.23. The van der Waals surface area contributed by atoms with Gasteiger partial charge in [-0.3, -0.25) is 4.79 Å². The molecule has 1 amide bonds. The Kier molecular flexibility index (Phi) is 4.80. The fourth-order valence-electron chi connectivity index (χ4n) is 2.36. The first kappa shape index (κ1) is 13.9. The molecule has 0 saturated heterocycles. The van der Waals surface area contributed by atoms with E-state index in [1.807, 2.05) is 32.0 Å². The Labute approximate surface area is 114 Å². The average molecular weight is 262 g/mol. The van der Waals surface area contributed by atoms with Crippen LogP contribution in [0.4, 0.5) is 0 Å². The number of rotatable bonds is 5. The molecule has 0 aromatic heterocycles. The number of fused-ring (bicyclic) bond motifs is 1. The molecule has 19 heavy (non-hydrogen) atoms. The van der Waals surface area contributed by atoms with Crippen LogP contribution in [0.15, 0.2) is 24.3 Å². The Hall–Kier alpha value is -1.55. The van der Waals surface area contributed by atoms with Gasteiger partial charge in [-0.05, 0) is 31.9 Å². The molecular formula is C15H22N2O2. The molecule has 1 aliphatic heterocycles. The molecule has 1 atom stereocenters. The van der Waals surface area contributed by atoms with Crippen molar-refractivity contribution in [2.75, 3.05) is 19.7 Å². The average Bonchev–Trinajstić information content (AvgIpc) is 2.38. The van der Waals surface area contributed by atoms with Gasteiger partial charge in [-0.1, -0.05) is 18.2 Å². The third-order valence-electron chi connectivity index (χ3n) is 3.21. The van der Waals surface area contributed by atoms with E-state index in [9.17, 15) is 4.79 Å². The first-order valence-electron chi connectivity index (χ1n) is 6.88. The Morgan fingerprint density at radius 3 is 3.00 bits per heavy atom. The van der Waals surface area contributed by atoms with Gasteiger partial charge in [0.25, 0.3) is 0 Å². The molecule has 4 heteroatoms. The molecule has 1 aromatic carbocycles. The fourth-order valence-corrected chi connectivity index (χ4v) is 2.36. The van der Waals surface area contributed by atoms with Crippen molar-refractivity contribution in [1.29, 1.82) is 0 Å². The predicted octanol–water partition coefficient (Wildman–Crippen LogP) is 1.67. The second-order valence-electron chi connectivity index (χ2n) is 5.23. The van der Waals surface area contributed by atoms with Gasteiger partial charge in [0.2, 0.25) is 5.91 Å². The van der Waals surface area contributed by atoms with Crippen LogP contribution in [0.3, 0.4) is 0 Å². The topological polar surface area (TPSA) is 50.4 Å². The predicted molar refractivity (Wildman–Crippen MR) is 75.4 cm³/mol. The number of carbonyl (C=O) groups excluding carboxylic acids is 1. The van der Waals surface area contributed by atoms with Crippen LogP contribution in [-0.2, 0) is 4.79 Å². The Balaban J connectivity index is 1.83. The highest BCUT2D eigenvalue weighted by Gasteiger charge is 2.20. The standard InChI is InChI=1S/C15H22N2O2/c1-11(2)17-15(18)10-16-9-12-7-8-19-14-6-4-3-5-13(12)14/h3-6,11-12,16H,7-10H2,1-2H3,(H,17,18). The van der Waals surface area contributed by atoms with Crippen LogP contribution in [0.1, 0.15) is 31.7 Å². The van der Waals surface area contributed by atoms with Crippen molar-refractivity contribution in [1.82, 2.24) is 10.6 Å². The van der Waals surface area contributed by atoms with E-state index >= 15 is 0 Å². The molecule has 0 radical (unpaired) electrons. The summed E-state index contributed by atoms with van der Waals surface area (Å²) >= 11 is 0. The minimum atomic E-state index is 0.0512. The lowest BCUT2D eigenvalue weighted by Gasteiger charge is -2.26. The van der Waals surface area contributed by atoms with Crippen LogP contribution in [0, 0.1) is 0 Å². The van der Waals surface area contributed by atoms with Gasteiger partial charge in [0.05, 0.1) is 13.2 Å². The fraction of sp³-hybridized carbons (Fsp3) is 0.533. The van der Waals surface area contributed by atoms with Gasteiger partial charge in [0.1, 0.15) is 5.75 Å². The minimum absolute atomic E-state index is 0.0512. The van der Waals surface area contributed by atoms with Crippen LogP contribution in [0.25, 0.3) is 0 Å². The summed E-state index contributed by atoms with van der Waals surface area (Å²) in [6.07, 6.45) is 0.996. The summed E-state index contributed by atoms with van der Waals surface area (Å²) in [5, 5.41) is 6.11. The van der Waals surface area contributed by atoms with E-state index < -0.39 is 0 Å². The molecule has 0 saturated carbocycles. The summed E-state index contributed by atoms with van der Waals surface area (Å²) < 4.78 is 5.63. The summed E-state index contributed by atoms with van der Waals surface area (Å²) in [5.74, 6) is 1.46. The van der Waals surface area contributed by atoms with Crippen molar-refractivity contribution in [3.05, 3.63) is 29.8 Å². The molecule has 0 aliphatic carbocycles. The maximum absolute atomic E-state index is 11.5. The number of amides is 1. The van der Waals surface area contributed by atoms with Crippen LogP contribution < -0.4 is 15.4 Å². The molecule has 1 unspecified atom stereocenters. The molecule has 0 fully saturated rings. The molecule has 0 spiro atoms. The number of carbonyl (C=O) groups is 1. The largest absolute Gasteiger partial charge is 0.493 e. The van der Waals surface area contributed by atoms with Crippen LogP contribution in [-0.4, -0.2) is 31.6 Å². The number of ether oxygens (including phenoxy) is 1. The molecule has 104 valence electrons. The third-order valence-corrected chi connectivity index (χ3v) is 3.21. The summed E-state index contributed by atoms with van der Waals surface area (Å²) in [6.45, 7) is 5.87. The smallest absolute Gasteiger partial charge is 0.234 e. The normalized spacial score (nSPS) is 17.7. The van der Waals surface area contributed by atoms with Crippen LogP contribution in [0.5, 0.6) is 5.75 Å². The number of para-hydroxylation sites is 1. The lowest BCUT2D eigenvalue weighted by atomic mass is 9.93. The zero-order chi connectivity index (χ0) is 13.7. The summed E-state index contributed by atoms with van der Waals surface area (Å²) in [5.41, 5.74) is 1.24. The number of hydrogen-bond acceptors (Lipinski definition) is 3. The molecular weight excluding hydrogens is 240 g/mol. The van der Waals surface area contributed by atoms with Crippen molar-refractivity contribution < 1.29 is 9.53 Å². The van der Waals surface area contributed by atoms with E-state index in [2.05, 4.69) is 16.7 Å². The van der Waals surface area contributed by atoms with E-state index in [1.165, 1.54) is 5.56 Å². The lowest BCUT2D eigenvalue weighted by Crippen LogP contribution is -2.39. The molecule has 0 bridgehead atoms. The first-order chi connectivity index (χ1) is 9.16. The monoisotopic (exact) mass is 262 g/mol. The summed E-state index contributed by atoms with van der Waals surface area (Å²) in [7, 11) is 0. The van der Waals surface area contributed by atoms with E-state index in [1.54, 1.807) is 0 Å². The van der Waals surface area contributed by atoms with Crippen molar-refractivity contribution in [2.24, 2.45) is 0 Å². The highest BCUT2D eigenvalue weighted by molar-refractivity contribution is 5.78. The number of nitrogens with one attached hydrogen (secondary N) is 2. The van der Waals surface area contributed by atoms with Crippen molar-refractivity contribution >= 4 is 5.91 Å². The van der Waals surface area contributed by atoms with E-state index in [0.29, 0.717) is 12.5 Å². The number of hydrogen-bond donors (Lipinski definition) is 2. The van der Waals surface area contributed by atoms with Gasteiger partial charge in [-0.15, -0.1) is 0 Å². The molecule has 2 N–H and O–H groups in total. The SMILES string of the molecule is CC(C)NC(=O)CNCC1CCOc2ccccc21. The quantitative estimate of drug-likeness (QED) is 0.848. The summed E-state index contributed by atoms with van der Waals surface area (Å²) in [6, 6.07) is 8.33. The van der Waals surface area contributed by atoms with E-state index in [4.69, 9.17) is 4.74 Å². The van der Waals surface area contributed by atoms with Crippen LogP contribution in [0.2, 0.25) is 0 Å². The van der Waals surface area contributed by atoms with Crippen molar-refractivity contribution in [3.63, 3.8) is 0 Å². The first-order valence-corrected chi connectivity index (χ1v) is 6.88. The Morgan fingerprint density at radius 1 is 1.42 bits per heavy atom. The van der Waals surface area contributed by atoms with Gasteiger partial charge in [0.15, 0.2) is 0 Å².